The van der Waals surface area contributed by atoms with Crippen LogP contribution < -0.4 is 10.5 Å². The molecule has 2 atom stereocenters. The second-order valence-corrected chi connectivity index (χ2v) is 8.64. The lowest BCUT2D eigenvalue weighted by Gasteiger charge is -2.14. The molecular formula is C26H36N2O6. The number of hydrogen-bond donors (Lipinski definition) is 4. The molecule has 186 valence electrons. The Morgan fingerprint density at radius 1 is 1.12 bits per heavy atom. The van der Waals surface area contributed by atoms with Gasteiger partial charge in [-0.3, -0.25) is 9.59 Å². The third kappa shape index (κ3) is 8.11. The van der Waals surface area contributed by atoms with E-state index in [9.17, 15) is 24.9 Å². The number of hydrogen-bond acceptors (Lipinski definition) is 8. The summed E-state index contributed by atoms with van der Waals surface area (Å²) in [6.07, 6.45) is 3.79. The molecule has 0 unspecified atom stereocenters. The molecule has 0 saturated carbocycles. The van der Waals surface area contributed by atoms with Gasteiger partial charge in [0, 0.05) is 37.6 Å². The normalized spacial score (nSPS) is 12.8. The average Bonchev–Trinajstić information content (AvgIpc) is 2.82. The van der Waals surface area contributed by atoms with E-state index in [0.29, 0.717) is 30.6 Å². The Kier molecular flexibility index (Phi) is 11.0. The van der Waals surface area contributed by atoms with Crippen LogP contribution in [0.2, 0.25) is 0 Å². The molecule has 0 bridgehead atoms. The number of Topliss-reactive ketones (excluding diaryl/α,β-unsaturated/α-hetero) is 2. The molecule has 5 N–H and O–H groups in total. The minimum absolute atomic E-state index is 0.00688. The minimum atomic E-state index is -1.64. The van der Waals surface area contributed by atoms with Gasteiger partial charge in [0.05, 0.1) is 7.11 Å². The Morgan fingerprint density at radius 3 is 2.50 bits per heavy atom. The van der Waals surface area contributed by atoms with Crippen molar-refractivity contribution in [3.63, 3.8) is 0 Å². The summed E-state index contributed by atoms with van der Waals surface area (Å²) in [4.78, 5) is 28.7. The van der Waals surface area contributed by atoms with E-state index in [4.69, 9.17) is 10.5 Å². The number of aromatic hydroxyl groups is 1. The number of phenolic OH excluding ortho intramolecular Hbond substituents is 1. The fourth-order valence-corrected chi connectivity index (χ4v) is 4.01. The number of phenols is 1. The number of nitrogen functional groups attached to an aromatic ring is 1. The predicted molar refractivity (Wildman–Crippen MR) is 130 cm³/mol. The van der Waals surface area contributed by atoms with Gasteiger partial charge in [0.25, 0.3) is 0 Å². The topological polar surface area (TPSA) is 143 Å². The molecule has 8 heteroatoms. The van der Waals surface area contributed by atoms with Crippen LogP contribution in [0.5, 0.6) is 11.5 Å². The predicted octanol–water partition coefficient (Wildman–Crippen LogP) is 2.98. The van der Waals surface area contributed by atoms with E-state index in [0.717, 1.165) is 24.0 Å². The number of pyridine rings is 1. The van der Waals surface area contributed by atoms with E-state index in [1.54, 1.807) is 30.5 Å². The van der Waals surface area contributed by atoms with E-state index >= 15 is 0 Å². The van der Waals surface area contributed by atoms with Crippen LogP contribution in [0.25, 0.3) is 0 Å². The minimum Gasteiger partial charge on any atom is -0.504 e. The van der Waals surface area contributed by atoms with Crippen molar-refractivity contribution in [2.75, 3.05) is 19.5 Å². The molecule has 0 radical (unpaired) electrons. The number of nitrogens with two attached hydrogens (primary N) is 1. The first-order valence-corrected chi connectivity index (χ1v) is 11.7. The molecule has 8 nitrogen and oxygen atoms in total. The molecule has 2 aromatic rings. The average molecular weight is 473 g/mol. The monoisotopic (exact) mass is 472 g/mol. The zero-order chi connectivity index (χ0) is 25.1. The molecule has 1 aromatic carbocycles. The second-order valence-electron chi connectivity index (χ2n) is 8.64. The van der Waals surface area contributed by atoms with E-state index in [1.807, 2.05) is 6.92 Å². The van der Waals surface area contributed by atoms with Gasteiger partial charge in [-0.2, -0.15) is 0 Å². The van der Waals surface area contributed by atoms with Crippen molar-refractivity contribution in [2.45, 2.75) is 64.4 Å². The van der Waals surface area contributed by atoms with E-state index in [1.165, 1.54) is 7.11 Å². The summed E-state index contributed by atoms with van der Waals surface area (Å²) in [7, 11) is 1.45. The molecule has 0 aliphatic carbocycles. The van der Waals surface area contributed by atoms with Gasteiger partial charge in [-0.25, -0.2) is 4.98 Å². The van der Waals surface area contributed by atoms with Gasteiger partial charge in [0.1, 0.15) is 5.82 Å². The van der Waals surface area contributed by atoms with Gasteiger partial charge in [-0.15, -0.1) is 0 Å². The number of rotatable bonds is 15. The third-order valence-corrected chi connectivity index (χ3v) is 5.93. The van der Waals surface area contributed by atoms with Gasteiger partial charge in [-0.1, -0.05) is 19.4 Å². The van der Waals surface area contributed by atoms with Gasteiger partial charge in [0.2, 0.25) is 0 Å². The number of aliphatic hydroxyl groups excluding tert-OH is 2. The Balaban J connectivity index is 1.98. The molecule has 0 saturated heterocycles. The zero-order valence-corrected chi connectivity index (χ0v) is 20.0. The summed E-state index contributed by atoms with van der Waals surface area (Å²) in [5, 5.41) is 30.0. The number of carbonyl (C=O) groups excluding carboxylic acids is 2. The van der Waals surface area contributed by atoms with Gasteiger partial charge in [-0.05, 0) is 60.9 Å². The van der Waals surface area contributed by atoms with Crippen LogP contribution in [0.1, 0.15) is 62.1 Å². The van der Waals surface area contributed by atoms with Crippen molar-refractivity contribution in [2.24, 2.45) is 5.92 Å². The van der Waals surface area contributed by atoms with Crippen molar-refractivity contribution >= 4 is 17.4 Å². The highest BCUT2D eigenvalue weighted by Crippen LogP contribution is 2.33. The standard InChI is InChI=1S/C26H36N2O6/c1-3-5-17(16-29)6-4-7-21(30)26(33)22(31)9-8-18-12-20(25(32)23(14-18)34-2)13-19-10-11-28-24(27)15-19/h10-12,14-15,17,26,29,32-33H,3-9,13,16H2,1-2H3,(H2,27,28)/t17-,26-/m0/s1. The van der Waals surface area contributed by atoms with Crippen LogP contribution in [-0.2, 0) is 22.4 Å². The molecule has 2 rings (SSSR count). The number of anilines is 1. The highest BCUT2D eigenvalue weighted by atomic mass is 16.5. The fourth-order valence-electron chi connectivity index (χ4n) is 4.01. The maximum atomic E-state index is 12.4. The molecule has 0 spiro atoms. The maximum Gasteiger partial charge on any atom is 0.170 e. The van der Waals surface area contributed by atoms with Gasteiger partial charge >= 0.3 is 0 Å². The lowest BCUT2D eigenvalue weighted by atomic mass is 9.94. The molecule has 0 amide bonds. The Labute approximate surface area is 200 Å². The number of benzene rings is 1. The number of nitrogens with zero attached hydrogens (tertiary/aromatic N) is 1. The number of aryl methyl sites for hydroxylation is 1. The largest absolute Gasteiger partial charge is 0.504 e. The van der Waals surface area contributed by atoms with Crippen LogP contribution >= 0.6 is 0 Å². The molecule has 0 aliphatic rings. The van der Waals surface area contributed by atoms with Crippen LogP contribution in [0, 0.1) is 5.92 Å². The summed E-state index contributed by atoms with van der Waals surface area (Å²) in [5.74, 6) is -0.212. The Bertz CT molecular complexity index is 962. The van der Waals surface area contributed by atoms with E-state index < -0.39 is 17.7 Å². The van der Waals surface area contributed by atoms with E-state index in [2.05, 4.69) is 4.98 Å². The summed E-state index contributed by atoms with van der Waals surface area (Å²) < 4.78 is 5.28. The summed E-state index contributed by atoms with van der Waals surface area (Å²) >= 11 is 0. The van der Waals surface area contributed by atoms with Crippen LogP contribution in [0.3, 0.4) is 0 Å². The smallest absolute Gasteiger partial charge is 0.170 e. The molecule has 0 aliphatic heterocycles. The Morgan fingerprint density at radius 2 is 1.85 bits per heavy atom. The number of carbonyl (C=O) groups is 2. The van der Waals surface area contributed by atoms with Crippen molar-refractivity contribution in [3.8, 4) is 11.5 Å². The lowest BCUT2D eigenvalue weighted by Crippen LogP contribution is -2.30. The second kappa shape index (κ2) is 13.7. The maximum absolute atomic E-state index is 12.4. The van der Waals surface area contributed by atoms with Crippen molar-refractivity contribution in [1.29, 1.82) is 0 Å². The van der Waals surface area contributed by atoms with Crippen molar-refractivity contribution in [3.05, 3.63) is 47.2 Å². The number of ketones is 2. The molecule has 0 fully saturated rings. The third-order valence-electron chi connectivity index (χ3n) is 5.93. The molecular weight excluding hydrogens is 436 g/mol. The van der Waals surface area contributed by atoms with Gasteiger partial charge in [0.15, 0.2) is 29.2 Å². The first-order valence-electron chi connectivity index (χ1n) is 11.7. The lowest BCUT2D eigenvalue weighted by molar-refractivity contribution is -0.138. The van der Waals surface area contributed by atoms with Crippen molar-refractivity contribution in [1.82, 2.24) is 4.98 Å². The Hall–Kier alpha value is -2.97. The van der Waals surface area contributed by atoms with Crippen LogP contribution in [-0.4, -0.2) is 51.7 Å². The quantitative estimate of drug-likeness (QED) is 0.290. The fraction of sp³-hybridized carbons (Fsp3) is 0.500. The molecule has 34 heavy (non-hydrogen) atoms. The van der Waals surface area contributed by atoms with Crippen molar-refractivity contribution < 1.29 is 29.6 Å². The molecule has 1 aromatic heterocycles. The number of aliphatic hydroxyl groups is 2. The van der Waals surface area contributed by atoms with Gasteiger partial charge < -0.3 is 25.8 Å². The summed E-state index contributed by atoms with van der Waals surface area (Å²) in [6.45, 7) is 2.12. The zero-order valence-electron chi connectivity index (χ0n) is 20.0. The van der Waals surface area contributed by atoms with Crippen LogP contribution in [0.4, 0.5) is 5.82 Å². The number of methoxy groups -OCH3 is 1. The molecule has 1 heterocycles. The van der Waals surface area contributed by atoms with E-state index in [-0.39, 0.29) is 43.3 Å². The summed E-state index contributed by atoms with van der Waals surface area (Å²) in [5.41, 5.74) is 7.95. The first-order chi connectivity index (χ1) is 16.3. The van der Waals surface area contributed by atoms with Crippen LogP contribution in [0.15, 0.2) is 30.5 Å². The first kappa shape index (κ1) is 27.3. The number of aromatic nitrogens is 1. The summed E-state index contributed by atoms with van der Waals surface area (Å²) in [6, 6.07) is 6.93. The SMILES string of the molecule is CCC[C@H](CO)CCCC(=O)[C@H](O)C(=O)CCc1cc(Cc2ccnc(N)c2)c(O)c(OC)c1. The highest BCUT2D eigenvalue weighted by Gasteiger charge is 2.23. The number of ether oxygens (including phenoxy) is 1. The highest BCUT2D eigenvalue weighted by molar-refractivity contribution is 6.05.